The minimum absolute atomic E-state index is 0.595. The zero-order chi connectivity index (χ0) is 13.0. The van der Waals surface area contributed by atoms with Gasteiger partial charge in [0.2, 0.25) is 0 Å². The molecule has 1 aromatic heterocycles. The molecule has 1 heterocycles. The van der Waals surface area contributed by atoms with Crippen LogP contribution in [0.5, 0.6) is 0 Å². The summed E-state index contributed by atoms with van der Waals surface area (Å²) in [6, 6.07) is 7.67. The molecular weight excluding hydrogens is 226 g/mol. The van der Waals surface area contributed by atoms with Crippen molar-refractivity contribution in [2.75, 3.05) is 5.73 Å². The molecule has 0 radical (unpaired) electrons. The van der Waals surface area contributed by atoms with Crippen molar-refractivity contribution in [3.63, 3.8) is 0 Å². The molecule has 2 rings (SSSR count). The van der Waals surface area contributed by atoms with Crippen molar-refractivity contribution in [3.8, 4) is 11.4 Å². The molecule has 18 heavy (non-hydrogen) atoms. The lowest BCUT2D eigenvalue weighted by atomic mass is 10.0. The Morgan fingerprint density at radius 1 is 1.22 bits per heavy atom. The summed E-state index contributed by atoms with van der Waals surface area (Å²) in [5, 5.41) is 11.9. The van der Waals surface area contributed by atoms with E-state index in [0.29, 0.717) is 11.6 Å². The minimum atomic E-state index is 0.595. The van der Waals surface area contributed by atoms with Crippen LogP contribution < -0.4 is 5.73 Å². The van der Waals surface area contributed by atoms with Crippen LogP contribution in [0.1, 0.15) is 26.7 Å². The van der Waals surface area contributed by atoms with Gasteiger partial charge in [-0.25, -0.2) is 4.68 Å². The number of nitrogens with zero attached hydrogens (tertiary/aromatic N) is 4. The van der Waals surface area contributed by atoms with Crippen molar-refractivity contribution in [2.45, 2.75) is 33.2 Å². The number of para-hydroxylation sites is 1. The van der Waals surface area contributed by atoms with Crippen LogP contribution in [-0.2, 0) is 6.54 Å². The van der Waals surface area contributed by atoms with Crippen LogP contribution in [0.2, 0.25) is 0 Å². The third-order valence-electron chi connectivity index (χ3n) is 3.32. The van der Waals surface area contributed by atoms with Crippen molar-refractivity contribution < 1.29 is 0 Å². The molecule has 0 atom stereocenters. The maximum absolute atomic E-state index is 5.97. The second-order valence-electron chi connectivity index (χ2n) is 4.45. The van der Waals surface area contributed by atoms with Crippen LogP contribution in [0.4, 0.5) is 5.69 Å². The molecule has 2 aromatic rings. The number of nitrogen functional groups attached to an aromatic ring is 1. The predicted molar refractivity (Wildman–Crippen MR) is 71.7 cm³/mol. The largest absolute Gasteiger partial charge is 0.398 e. The summed E-state index contributed by atoms with van der Waals surface area (Å²) in [7, 11) is 0. The van der Waals surface area contributed by atoms with Gasteiger partial charge in [0.15, 0.2) is 5.82 Å². The van der Waals surface area contributed by atoms with E-state index in [9.17, 15) is 0 Å². The fraction of sp³-hybridized carbons (Fsp3) is 0.462. The molecule has 0 amide bonds. The number of aromatic nitrogens is 4. The van der Waals surface area contributed by atoms with Gasteiger partial charge in [-0.1, -0.05) is 38.8 Å². The first-order chi connectivity index (χ1) is 8.76. The first-order valence-electron chi connectivity index (χ1n) is 6.37. The lowest BCUT2D eigenvalue weighted by Gasteiger charge is -2.13. The summed E-state index contributed by atoms with van der Waals surface area (Å²) in [5.41, 5.74) is 7.57. The van der Waals surface area contributed by atoms with Gasteiger partial charge in [0.05, 0.1) is 0 Å². The summed E-state index contributed by atoms with van der Waals surface area (Å²) >= 11 is 0. The molecule has 5 heteroatoms. The second-order valence-corrected chi connectivity index (χ2v) is 4.45. The fourth-order valence-corrected chi connectivity index (χ4v) is 2.01. The Labute approximate surface area is 107 Å². The molecular formula is C13H19N5. The van der Waals surface area contributed by atoms with E-state index in [-0.39, 0.29) is 0 Å². The molecule has 0 saturated heterocycles. The topological polar surface area (TPSA) is 69.6 Å². The fourth-order valence-electron chi connectivity index (χ4n) is 2.01. The number of hydrogen-bond donors (Lipinski definition) is 1. The first kappa shape index (κ1) is 12.5. The Bertz CT molecular complexity index is 502. The highest BCUT2D eigenvalue weighted by Crippen LogP contribution is 2.23. The average molecular weight is 245 g/mol. The van der Waals surface area contributed by atoms with Gasteiger partial charge in [0, 0.05) is 17.8 Å². The summed E-state index contributed by atoms with van der Waals surface area (Å²) in [4.78, 5) is 0. The summed E-state index contributed by atoms with van der Waals surface area (Å²) < 4.78 is 1.85. The van der Waals surface area contributed by atoms with E-state index in [4.69, 9.17) is 5.73 Å². The Kier molecular flexibility index (Phi) is 3.92. The van der Waals surface area contributed by atoms with Gasteiger partial charge in [-0.05, 0) is 28.5 Å². The molecule has 1 aromatic carbocycles. The normalized spacial score (nSPS) is 11.1. The molecule has 0 fully saturated rings. The van der Waals surface area contributed by atoms with E-state index in [1.54, 1.807) is 0 Å². The van der Waals surface area contributed by atoms with Gasteiger partial charge >= 0.3 is 0 Å². The van der Waals surface area contributed by atoms with Crippen LogP contribution >= 0.6 is 0 Å². The van der Waals surface area contributed by atoms with Gasteiger partial charge in [-0.3, -0.25) is 0 Å². The summed E-state index contributed by atoms with van der Waals surface area (Å²) in [6.07, 6.45) is 2.25. The quantitative estimate of drug-likeness (QED) is 0.821. The number of tetrazole rings is 1. The number of rotatable bonds is 5. The van der Waals surface area contributed by atoms with Gasteiger partial charge < -0.3 is 5.73 Å². The van der Waals surface area contributed by atoms with Gasteiger partial charge in [-0.2, -0.15) is 0 Å². The van der Waals surface area contributed by atoms with Crippen LogP contribution in [0, 0.1) is 5.92 Å². The van der Waals surface area contributed by atoms with Crippen molar-refractivity contribution in [3.05, 3.63) is 24.3 Å². The zero-order valence-corrected chi connectivity index (χ0v) is 10.9. The predicted octanol–water partition coefficient (Wildman–Crippen LogP) is 2.36. The molecule has 0 aliphatic heterocycles. The maximum atomic E-state index is 5.97. The van der Waals surface area contributed by atoms with E-state index in [1.807, 2.05) is 28.9 Å². The van der Waals surface area contributed by atoms with Crippen molar-refractivity contribution >= 4 is 5.69 Å². The second kappa shape index (κ2) is 5.62. The SMILES string of the molecule is CCC(CC)Cn1nnnc1-c1ccccc1N. The highest BCUT2D eigenvalue weighted by Gasteiger charge is 2.14. The van der Waals surface area contributed by atoms with E-state index in [1.165, 1.54) is 0 Å². The number of anilines is 1. The molecule has 5 nitrogen and oxygen atoms in total. The van der Waals surface area contributed by atoms with Gasteiger partial charge in [0.1, 0.15) is 0 Å². The Morgan fingerprint density at radius 3 is 2.61 bits per heavy atom. The standard InChI is InChI=1S/C13H19N5/c1-3-10(4-2)9-18-13(15-16-17-18)11-7-5-6-8-12(11)14/h5-8,10H,3-4,9,14H2,1-2H3. The van der Waals surface area contributed by atoms with E-state index >= 15 is 0 Å². The van der Waals surface area contributed by atoms with E-state index in [2.05, 4.69) is 29.4 Å². The van der Waals surface area contributed by atoms with Crippen molar-refractivity contribution in [1.82, 2.24) is 20.2 Å². The van der Waals surface area contributed by atoms with E-state index < -0.39 is 0 Å². The molecule has 0 bridgehead atoms. The third-order valence-corrected chi connectivity index (χ3v) is 3.32. The molecule has 96 valence electrons. The molecule has 0 saturated carbocycles. The highest BCUT2D eigenvalue weighted by molar-refractivity contribution is 5.70. The van der Waals surface area contributed by atoms with Crippen LogP contribution in [-0.4, -0.2) is 20.2 Å². The lowest BCUT2D eigenvalue weighted by molar-refractivity contribution is 0.393. The van der Waals surface area contributed by atoms with Gasteiger partial charge in [0.25, 0.3) is 0 Å². The number of nitrogens with two attached hydrogens (primary N) is 1. The van der Waals surface area contributed by atoms with Crippen molar-refractivity contribution in [1.29, 1.82) is 0 Å². The van der Waals surface area contributed by atoms with Crippen LogP contribution in [0.15, 0.2) is 24.3 Å². The van der Waals surface area contributed by atoms with E-state index in [0.717, 1.165) is 30.8 Å². The minimum Gasteiger partial charge on any atom is -0.398 e. The summed E-state index contributed by atoms with van der Waals surface area (Å²) in [5.74, 6) is 1.34. The number of benzene rings is 1. The van der Waals surface area contributed by atoms with Crippen LogP contribution in [0.3, 0.4) is 0 Å². The van der Waals surface area contributed by atoms with Crippen molar-refractivity contribution in [2.24, 2.45) is 5.92 Å². The first-order valence-corrected chi connectivity index (χ1v) is 6.37. The van der Waals surface area contributed by atoms with Gasteiger partial charge in [-0.15, -0.1) is 5.10 Å². The maximum Gasteiger partial charge on any atom is 0.184 e. The molecule has 0 aliphatic carbocycles. The lowest BCUT2D eigenvalue weighted by Crippen LogP contribution is -2.12. The molecule has 0 aliphatic rings. The Morgan fingerprint density at radius 2 is 1.94 bits per heavy atom. The Balaban J connectivity index is 2.31. The third kappa shape index (κ3) is 2.50. The molecule has 0 spiro atoms. The molecule has 2 N–H and O–H groups in total. The zero-order valence-electron chi connectivity index (χ0n) is 10.9. The Hall–Kier alpha value is -1.91. The summed E-state index contributed by atoms with van der Waals surface area (Å²) in [6.45, 7) is 5.22. The average Bonchev–Trinajstić information content (AvgIpc) is 2.84. The van der Waals surface area contributed by atoms with Crippen LogP contribution in [0.25, 0.3) is 11.4 Å². The molecule has 0 unspecified atom stereocenters. The number of hydrogen-bond acceptors (Lipinski definition) is 4. The highest BCUT2D eigenvalue weighted by atomic mass is 15.5. The monoisotopic (exact) mass is 245 g/mol. The smallest absolute Gasteiger partial charge is 0.184 e.